The van der Waals surface area contributed by atoms with E-state index in [1.165, 1.54) is 0 Å². The summed E-state index contributed by atoms with van der Waals surface area (Å²) in [6.07, 6.45) is 4.02. The molecule has 1 aromatic heterocycles. The fraction of sp³-hybridized carbons (Fsp3) is 0.471. The number of furan rings is 1. The summed E-state index contributed by atoms with van der Waals surface area (Å²) in [5.41, 5.74) is 1.63. The first kappa shape index (κ1) is 14.1. The van der Waals surface area contributed by atoms with Crippen molar-refractivity contribution in [1.82, 2.24) is 4.90 Å². The Kier molecular flexibility index (Phi) is 3.97. The molecule has 1 atom stereocenters. The molecule has 1 fully saturated rings. The van der Waals surface area contributed by atoms with E-state index in [1.54, 1.807) is 4.90 Å². The van der Waals surface area contributed by atoms with Crippen LogP contribution in [0, 0.1) is 6.92 Å². The van der Waals surface area contributed by atoms with E-state index in [4.69, 9.17) is 4.42 Å². The average molecular weight is 287 g/mol. The number of rotatable bonds is 2. The summed E-state index contributed by atoms with van der Waals surface area (Å²) in [6.45, 7) is 2.64. The molecule has 1 N–H and O–H groups in total. The molecule has 2 aromatic rings. The first-order valence-corrected chi connectivity index (χ1v) is 7.62. The number of aliphatic hydroxyl groups is 1. The first-order valence-electron chi connectivity index (χ1n) is 7.62. The summed E-state index contributed by atoms with van der Waals surface area (Å²) in [4.78, 5) is 14.6. The van der Waals surface area contributed by atoms with E-state index in [0.29, 0.717) is 12.3 Å². The van der Waals surface area contributed by atoms with Gasteiger partial charge in [0.1, 0.15) is 5.58 Å². The van der Waals surface area contributed by atoms with Crippen molar-refractivity contribution in [3.63, 3.8) is 0 Å². The molecule has 0 saturated carbocycles. The largest absolute Gasteiger partial charge is 0.451 e. The lowest BCUT2D eigenvalue weighted by atomic mass is 10.1. The number of aliphatic hydroxyl groups excluding tert-OH is 1. The van der Waals surface area contributed by atoms with Crippen LogP contribution in [0.25, 0.3) is 11.0 Å². The van der Waals surface area contributed by atoms with Gasteiger partial charge in [0.2, 0.25) is 0 Å². The highest BCUT2D eigenvalue weighted by atomic mass is 16.3. The van der Waals surface area contributed by atoms with Gasteiger partial charge in [-0.25, -0.2) is 0 Å². The number of para-hydroxylation sites is 1. The van der Waals surface area contributed by atoms with Crippen LogP contribution in [0.5, 0.6) is 0 Å². The van der Waals surface area contributed by atoms with E-state index >= 15 is 0 Å². The average Bonchev–Trinajstić information content (AvgIpc) is 2.71. The van der Waals surface area contributed by atoms with Crippen molar-refractivity contribution in [3.05, 3.63) is 35.6 Å². The number of carbonyl (C=O) groups excluding carboxylic acids is 1. The highest BCUT2D eigenvalue weighted by Gasteiger charge is 2.29. The maximum Gasteiger partial charge on any atom is 0.290 e. The number of fused-ring (bicyclic) bond motifs is 1. The summed E-state index contributed by atoms with van der Waals surface area (Å²) in [5, 5.41) is 10.5. The molecule has 2 heterocycles. The number of aryl methyl sites for hydroxylation is 1. The molecule has 4 nitrogen and oxygen atoms in total. The smallest absolute Gasteiger partial charge is 0.290 e. The Morgan fingerprint density at radius 2 is 2.14 bits per heavy atom. The SMILES string of the molecule is Cc1c(C(=O)N2CCCCCC2CO)oc2ccccc12. The monoisotopic (exact) mass is 287 g/mol. The summed E-state index contributed by atoms with van der Waals surface area (Å²) in [7, 11) is 0. The Hall–Kier alpha value is -1.81. The third-order valence-electron chi connectivity index (χ3n) is 4.39. The van der Waals surface area contributed by atoms with Crippen molar-refractivity contribution in [3.8, 4) is 0 Å². The minimum atomic E-state index is -0.0929. The molecule has 3 rings (SSSR count). The molecule has 0 radical (unpaired) electrons. The fourth-order valence-electron chi connectivity index (χ4n) is 3.14. The van der Waals surface area contributed by atoms with Crippen LogP contribution in [0.15, 0.2) is 28.7 Å². The third kappa shape index (κ3) is 2.56. The number of hydrogen-bond donors (Lipinski definition) is 1. The van der Waals surface area contributed by atoms with Crippen molar-refractivity contribution >= 4 is 16.9 Å². The van der Waals surface area contributed by atoms with Gasteiger partial charge in [0.25, 0.3) is 5.91 Å². The van der Waals surface area contributed by atoms with Gasteiger partial charge in [-0.2, -0.15) is 0 Å². The van der Waals surface area contributed by atoms with Crippen LogP contribution in [-0.4, -0.2) is 35.1 Å². The molecule has 1 amide bonds. The molecule has 112 valence electrons. The highest BCUT2D eigenvalue weighted by molar-refractivity contribution is 5.99. The van der Waals surface area contributed by atoms with Crippen LogP contribution < -0.4 is 0 Å². The van der Waals surface area contributed by atoms with E-state index in [9.17, 15) is 9.90 Å². The zero-order chi connectivity index (χ0) is 14.8. The van der Waals surface area contributed by atoms with Crippen molar-refractivity contribution in [2.45, 2.75) is 38.6 Å². The Labute approximate surface area is 124 Å². The molecular weight excluding hydrogens is 266 g/mol. The van der Waals surface area contributed by atoms with E-state index in [0.717, 1.165) is 42.2 Å². The lowest BCUT2D eigenvalue weighted by molar-refractivity contribution is 0.0570. The minimum Gasteiger partial charge on any atom is -0.451 e. The van der Waals surface area contributed by atoms with Crippen LogP contribution in [0.3, 0.4) is 0 Å². The first-order chi connectivity index (χ1) is 10.2. The van der Waals surface area contributed by atoms with E-state index in [1.807, 2.05) is 31.2 Å². The zero-order valence-corrected chi connectivity index (χ0v) is 12.3. The molecule has 4 heteroatoms. The quantitative estimate of drug-likeness (QED) is 0.923. The molecular formula is C17H21NO3. The van der Waals surface area contributed by atoms with Crippen LogP contribution in [0.4, 0.5) is 0 Å². The van der Waals surface area contributed by atoms with E-state index < -0.39 is 0 Å². The number of carbonyl (C=O) groups is 1. The van der Waals surface area contributed by atoms with Crippen LogP contribution in [-0.2, 0) is 0 Å². The maximum absolute atomic E-state index is 12.8. The van der Waals surface area contributed by atoms with Crippen molar-refractivity contribution in [2.75, 3.05) is 13.2 Å². The zero-order valence-electron chi connectivity index (χ0n) is 12.3. The summed E-state index contributed by atoms with van der Waals surface area (Å²) in [5.74, 6) is 0.321. The number of benzene rings is 1. The van der Waals surface area contributed by atoms with Gasteiger partial charge in [-0.05, 0) is 25.8 Å². The van der Waals surface area contributed by atoms with Crippen molar-refractivity contribution in [1.29, 1.82) is 0 Å². The van der Waals surface area contributed by atoms with Gasteiger partial charge in [-0.1, -0.05) is 31.0 Å². The molecule has 21 heavy (non-hydrogen) atoms. The van der Waals surface area contributed by atoms with Gasteiger partial charge in [0.15, 0.2) is 5.76 Å². The van der Waals surface area contributed by atoms with E-state index in [-0.39, 0.29) is 18.6 Å². The Morgan fingerprint density at radius 1 is 1.33 bits per heavy atom. The molecule has 0 spiro atoms. The second kappa shape index (κ2) is 5.90. The Balaban J connectivity index is 1.96. The molecule has 0 bridgehead atoms. The number of amides is 1. The molecule has 1 unspecified atom stereocenters. The number of hydrogen-bond acceptors (Lipinski definition) is 3. The second-order valence-electron chi connectivity index (χ2n) is 5.74. The molecule has 1 aromatic carbocycles. The third-order valence-corrected chi connectivity index (χ3v) is 4.39. The van der Waals surface area contributed by atoms with Gasteiger partial charge < -0.3 is 14.4 Å². The Morgan fingerprint density at radius 3 is 2.90 bits per heavy atom. The summed E-state index contributed by atoms with van der Waals surface area (Å²) >= 11 is 0. The lowest BCUT2D eigenvalue weighted by Gasteiger charge is -2.28. The summed E-state index contributed by atoms with van der Waals surface area (Å²) < 4.78 is 5.77. The van der Waals surface area contributed by atoms with Gasteiger partial charge in [-0.3, -0.25) is 4.79 Å². The number of nitrogens with zero attached hydrogens (tertiary/aromatic N) is 1. The van der Waals surface area contributed by atoms with Gasteiger partial charge in [0.05, 0.1) is 12.6 Å². The van der Waals surface area contributed by atoms with Crippen LogP contribution in [0.2, 0.25) is 0 Å². The second-order valence-corrected chi connectivity index (χ2v) is 5.74. The van der Waals surface area contributed by atoms with Crippen LogP contribution >= 0.6 is 0 Å². The van der Waals surface area contributed by atoms with Crippen molar-refractivity contribution < 1.29 is 14.3 Å². The Bertz CT molecular complexity index is 647. The molecule has 1 aliphatic heterocycles. The summed E-state index contributed by atoms with van der Waals surface area (Å²) in [6, 6.07) is 7.61. The number of likely N-dealkylation sites (tertiary alicyclic amines) is 1. The van der Waals surface area contributed by atoms with Crippen LogP contribution in [0.1, 0.15) is 41.8 Å². The molecule has 0 aliphatic carbocycles. The topological polar surface area (TPSA) is 53.7 Å². The predicted molar refractivity (Wildman–Crippen MR) is 81.3 cm³/mol. The predicted octanol–water partition coefficient (Wildman–Crippen LogP) is 3.12. The van der Waals surface area contributed by atoms with Gasteiger partial charge >= 0.3 is 0 Å². The van der Waals surface area contributed by atoms with E-state index in [2.05, 4.69) is 0 Å². The molecule has 1 aliphatic rings. The molecule has 1 saturated heterocycles. The maximum atomic E-state index is 12.8. The van der Waals surface area contributed by atoms with Crippen molar-refractivity contribution in [2.24, 2.45) is 0 Å². The van der Waals surface area contributed by atoms with Gasteiger partial charge in [-0.15, -0.1) is 0 Å². The minimum absolute atomic E-state index is 0.0189. The highest BCUT2D eigenvalue weighted by Crippen LogP contribution is 2.27. The normalized spacial score (nSPS) is 19.7. The standard InChI is InChI=1S/C17H21NO3/c1-12-14-8-4-5-9-15(14)21-16(12)17(20)18-10-6-2-3-7-13(18)11-19/h4-5,8-9,13,19H,2-3,6-7,10-11H2,1H3. The lowest BCUT2D eigenvalue weighted by Crippen LogP contribution is -2.42. The fourth-order valence-corrected chi connectivity index (χ4v) is 3.14. The van der Waals surface area contributed by atoms with Gasteiger partial charge in [0, 0.05) is 17.5 Å².